The normalized spacial score (nSPS) is 12.0. The molecule has 2 rings (SSSR count). The van der Waals surface area contributed by atoms with Crippen LogP contribution in [0.15, 0.2) is 30.6 Å². The Balaban J connectivity index is 2.12. The van der Waals surface area contributed by atoms with Gasteiger partial charge in [0.05, 0.1) is 25.0 Å². The lowest BCUT2D eigenvalue weighted by atomic mass is 10.0. The number of anilines is 1. The molecule has 0 spiro atoms. The Bertz CT molecular complexity index is 636. The van der Waals surface area contributed by atoms with E-state index in [0.717, 1.165) is 22.6 Å². The standard InChI is InChI=1S/C15H20N4O2/c1-10-4-5-13(14(6-10)21-3)11(2)18-12-7-17-19(8-12)9-15(16)20/h4-8,11,18H,9H2,1-3H3,(H2,16,20). The van der Waals surface area contributed by atoms with E-state index >= 15 is 0 Å². The summed E-state index contributed by atoms with van der Waals surface area (Å²) < 4.78 is 6.92. The first-order chi connectivity index (χ1) is 9.99. The van der Waals surface area contributed by atoms with Gasteiger partial charge in [0, 0.05) is 11.8 Å². The zero-order chi connectivity index (χ0) is 15.4. The van der Waals surface area contributed by atoms with E-state index in [1.165, 1.54) is 4.68 Å². The third kappa shape index (κ3) is 3.75. The second-order valence-corrected chi connectivity index (χ2v) is 5.00. The number of aryl methyl sites for hydroxylation is 1. The monoisotopic (exact) mass is 288 g/mol. The summed E-state index contributed by atoms with van der Waals surface area (Å²) in [4.78, 5) is 10.9. The number of ether oxygens (including phenoxy) is 1. The summed E-state index contributed by atoms with van der Waals surface area (Å²) in [7, 11) is 1.66. The Morgan fingerprint density at radius 2 is 2.29 bits per heavy atom. The second-order valence-electron chi connectivity index (χ2n) is 5.00. The van der Waals surface area contributed by atoms with Gasteiger partial charge in [-0.15, -0.1) is 0 Å². The second kappa shape index (κ2) is 6.30. The first-order valence-electron chi connectivity index (χ1n) is 6.71. The molecule has 0 saturated carbocycles. The van der Waals surface area contributed by atoms with Crippen molar-refractivity contribution in [1.82, 2.24) is 9.78 Å². The number of benzene rings is 1. The van der Waals surface area contributed by atoms with Gasteiger partial charge in [0.25, 0.3) is 0 Å². The molecule has 1 amide bonds. The molecule has 6 heteroatoms. The third-order valence-electron chi connectivity index (χ3n) is 3.19. The molecule has 0 aliphatic heterocycles. The molecule has 6 nitrogen and oxygen atoms in total. The minimum atomic E-state index is -0.419. The van der Waals surface area contributed by atoms with Crippen molar-refractivity contribution in [2.45, 2.75) is 26.4 Å². The molecule has 1 aromatic carbocycles. The van der Waals surface area contributed by atoms with Crippen LogP contribution in [0.3, 0.4) is 0 Å². The van der Waals surface area contributed by atoms with Gasteiger partial charge >= 0.3 is 0 Å². The van der Waals surface area contributed by atoms with Crippen LogP contribution in [0, 0.1) is 6.92 Å². The van der Waals surface area contributed by atoms with Crippen LogP contribution in [0.2, 0.25) is 0 Å². The first kappa shape index (κ1) is 14.9. The van der Waals surface area contributed by atoms with Gasteiger partial charge in [-0.1, -0.05) is 12.1 Å². The van der Waals surface area contributed by atoms with Gasteiger partial charge in [0.2, 0.25) is 5.91 Å². The van der Waals surface area contributed by atoms with E-state index in [4.69, 9.17) is 10.5 Å². The number of nitrogens with zero attached hydrogens (tertiary/aromatic N) is 2. The summed E-state index contributed by atoms with van der Waals surface area (Å²) in [5.41, 5.74) is 8.18. The Labute approximate surface area is 123 Å². The topological polar surface area (TPSA) is 82.2 Å². The van der Waals surface area contributed by atoms with Gasteiger partial charge in [-0.2, -0.15) is 5.10 Å². The lowest BCUT2D eigenvalue weighted by Crippen LogP contribution is -2.18. The number of carbonyl (C=O) groups excluding carboxylic acids is 1. The van der Waals surface area contributed by atoms with E-state index in [2.05, 4.69) is 10.4 Å². The molecule has 2 aromatic rings. The molecule has 21 heavy (non-hydrogen) atoms. The van der Waals surface area contributed by atoms with Crippen molar-refractivity contribution in [3.8, 4) is 5.75 Å². The highest BCUT2D eigenvalue weighted by Crippen LogP contribution is 2.28. The minimum absolute atomic E-state index is 0.0479. The number of primary amides is 1. The first-order valence-corrected chi connectivity index (χ1v) is 6.71. The van der Waals surface area contributed by atoms with E-state index in [0.29, 0.717) is 0 Å². The summed E-state index contributed by atoms with van der Waals surface area (Å²) in [5, 5.41) is 7.41. The molecule has 1 atom stereocenters. The maximum atomic E-state index is 10.9. The highest BCUT2D eigenvalue weighted by Gasteiger charge is 2.12. The SMILES string of the molecule is COc1cc(C)ccc1C(C)Nc1cnn(CC(N)=O)c1. The van der Waals surface area contributed by atoms with Crippen molar-refractivity contribution < 1.29 is 9.53 Å². The summed E-state index contributed by atoms with van der Waals surface area (Å²) in [6.45, 7) is 4.14. The van der Waals surface area contributed by atoms with E-state index in [9.17, 15) is 4.79 Å². The number of methoxy groups -OCH3 is 1. The van der Waals surface area contributed by atoms with Gasteiger partial charge in [0.1, 0.15) is 12.3 Å². The Hall–Kier alpha value is -2.50. The molecule has 1 aromatic heterocycles. The van der Waals surface area contributed by atoms with Crippen LogP contribution in [0.25, 0.3) is 0 Å². The molecule has 1 unspecified atom stereocenters. The summed E-state index contributed by atoms with van der Waals surface area (Å²) in [6.07, 6.45) is 3.42. The van der Waals surface area contributed by atoms with E-state index < -0.39 is 5.91 Å². The van der Waals surface area contributed by atoms with Crippen LogP contribution in [0.1, 0.15) is 24.1 Å². The highest BCUT2D eigenvalue weighted by molar-refractivity contribution is 5.73. The number of nitrogens with two attached hydrogens (primary N) is 1. The smallest absolute Gasteiger partial charge is 0.239 e. The summed E-state index contributed by atoms with van der Waals surface area (Å²) in [5.74, 6) is 0.428. The molecule has 0 saturated heterocycles. The number of hydrogen-bond donors (Lipinski definition) is 2. The van der Waals surface area contributed by atoms with Gasteiger partial charge in [-0.05, 0) is 25.5 Å². The van der Waals surface area contributed by atoms with E-state index in [-0.39, 0.29) is 12.6 Å². The fraction of sp³-hybridized carbons (Fsp3) is 0.333. The van der Waals surface area contributed by atoms with Gasteiger partial charge in [0.15, 0.2) is 0 Å². The quantitative estimate of drug-likeness (QED) is 0.850. The molecule has 0 fully saturated rings. The maximum Gasteiger partial charge on any atom is 0.239 e. The molecule has 3 N–H and O–H groups in total. The van der Waals surface area contributed by atoms with Crippen molar-refractivity contribution in [2.24, 2.45) is 5.73 Å². The van der Waals surface area contributed by atoms with Crippen molar-refractivity contribution >= 4 is 11.6 Å². The van der Waals surface area contributed by atoms with Crippen molar-refractivity contribution in [3.63, 3.8) is 0 Å². The van der Waals surface area contributed by atoms with Crippen molar-refractivity contribution in [2.75, 3.05) is 12.4 Å². The molecular formula is C15H20N4O2. The molecule has 0 radical (unpaired) electrons. The van der Waals surface area contributed by atoms with Crippen LogP contribution < -0.4 is 15.8 Å². The molecule has 0 aliphatic rings. The molecule has 0 bridgehead atoms. The number of hydrogen-bond acceptors (Lipinski definition) is 4. The Morgan fingerprint density at radius 1 is 1.52 bits per heavy atom. The zero-order valence-corrected chi connectivity index (χ0v) is 12.5. The predicted octanol–water partition coefficient (Wildman–Crippen LogP) is 1.86. The van der Waals surface area contributed by atoms with Crippen LogP contribution in [0.5, 0.6) is 5.75 Å². The predicted molar refractivity (Wildman–Crippen MR) is 81.2 cm³/mol. The number of carbonyl (C=O) groups is 1. The van der Waals surface area contributed by atoms with E-state index in [1.807, 2.05) is 32.0 Å². The minimum Gasteiger partial charge on any atom is -0.496 e. The lowest BCUT2D eigenvalue weighted by molar-refractivity contribution is -0.118. The molecule has 0 aliphatic carbocycles. The number of amides is 1. The van der Waals surface area contributed by atoms with Gasteiger partial charge < -0.3 is 15.8 Å². The highest BCUT2D eigenvalue weighted by atomic mass is 16.5. The van der Waals surface area contributed by atoms with Crippen LogP contribution >= 0.6 is 0 Å². The fourth-order valence-electron chi connectivity index (χ4n) is 2.19. The Kier molecular flexibility index (Phi) is 4.47. The van der Waals surface area contributed by atoms with Crippen LogP contribution in [0.4, 0.5) is 5.69 Å². The number of aromatic nitrogens is 2. The fourth-order valence-corrected chi connectivity index (χ4v) is 2.19. The zero-order valence-electron chi connectivity index (χ0n) is 12.5. The summed E-state index contributed by atoms with van der Waals surface area (Å²) in [6, 6.07) is 6.14. The number of nitrogens with one attached hydrogen (secondary N) is 1. The van der Waals surface area contributed by atoms with Crippen LogP contribution in [-0.2, 0) is 11.3 Å². The van der Waals surface area contributed by atoms with Gasteiger partial charge in [-0.25, -0.2) is 0 Å². The Morgan fingerprint density at radius 3 is 2.95 bits per heavy atom. The van der Waals surface area contributed by atoms with Crippen LogP contribution in [-0.4, -0.2) is 22.8 Å². The van der Waals surface area contributed by atoms with E-state index in [1.54, 1.807) is 19.5 Å². The lowest BCUT2D eigenvalue weighted by Gasteiger charge is -2.17. The average Bonchev–Trinajstić information content (AvgIpc) is 2.84. The van der Waals surface area contributed by atoms with Crippen molar-refractivity contribution in [1.29, 1.82) is 0 Å². The third-order valence-corrected chi connectivity index (χ3v) is 3.19. The van der Waals surface area contributed by atoms with Gasteiger partial charge in [-0.3, -0.25) is 9.48 Å². The molecule has 112 valence electrons. The van der Waals surface area contributed by atoms with Crippen molar-refractivity contribution in [3.05, 3.63) is 41.7 Å². The number of rotatable bonds is 6. The summed E-state index contributed by atoms with van der Waals surface area (Å²) >= 11 is 0. The maximum absolute atomic E-state index is 10.9. The average molecular weight is 288 g/mol. The largest absolute Gasteiger partial charge is 0.496 e. The molecular weight excluding hydrogens is 268 g/mol. The molecule has 1 heterocycles.